The zero-order valence-corrected chi connectivity index (χ0v) is 10.6. The van der Waals surface area contributed by atoms with E-state index in [0.29, 0.717) is 12.1 Å². The molecule has 19 heavy (non-hydrogen) atoms. The summed E-state index contributed by atoms with van der Waals surface area (Å²) in [5, 5.41) is 11.6. The number of nitrogens with zero attached hydrogens (tertiary/aromatic N) is 1. The fourth-order valence-electron chi connectivity index (χ4n) is 1.58. The second-order valence-electron chi connectivity index (χ2n) is 3.87. The van der Waals surface area contributed by atoms with Crippen LogP contribution in [-0.2, 0) is 4.79 Å². The Morgan fingerprint density at radius 1 is 1.68 bits per heavy atom. The molecule has 0 bridgehead atoms. The van der Waals surface area contributed by atoms with Gasteiger partial charge in [0, 0.05) is 13.0 Å². The maximum atomic E-state index is 13.5. The van der Waals surface area contributed by atoms with Gasteiger partial charge in [-0.2, -0.15) is 5.26 Å². The number of hydrogen-bond acceptors (Lipinski definition) is 3. The highest BCUT2D eigenvalue weighted by atomic mass is 19.1. The normalized spacial score (nSPS) is 11.2. The van der Waals surface area contributed by atoms with Crippen LogP contribution in [-0.4, -0.2) is 19.6 Å². The third-order valence-electron chi connectivity index (χ3n) is 2.57. The monoisotopic (exact) mass is 262 g/mol. The van der Waals surface area contributed by atoms with E-state index < -0.39 is 11.7 Å². The van der Waals surface area contributed by atoms with Gasteiger partial charge in [-0.15, -0.1) is 6.58 Å². The van der Waals surface area contributed by atoms with Crippen LogP contribution in [0.15, 0.2) is 30.9 Å². The topological polar surface area (TPSA) is 62.1 Å². The average Bonchev–Trinajstić information content (AvgIpc) is 2.42. The molecule has 0 saturated heterocycles. The Kier molecular flexibility index (Phi) is 5.55. The lowest BCUT2D eigenvalue weighted by atomic mass is 9.96. The first-order chi connectivity index (χ1) is 9.12. The predicted molar refractivity (Wildman–Crippen MR) is 69.1 cm³/mol. The van der Waals surface area contributed by atoms with Crippen molar-refractivity contribution in [3.8, 4) is 11.8 Å². The second kappa shape index (κ2) is 7.17. The molecule has 1 amide bonds. The van der Waals surface area contributed by atoms with Crippen LogP contribution in [0.1, 0.15) is 17.9 Å². The number of nitrogens with one attached hydrogen (secondary N) is 1. The smallest absolute Gasteiger partial charge is 0.221 e. The van der Waals surface area contributed by atoms with E-state index >= 15 is 0 Å². The Balaban J connectivity index is 2.80. The number of nitriles is 1. The van der Waals surface area contributed by atoms with E-state index in [4.69, 9.17) is 10.00 Å². The molecule has 1 N–H and O–H groups in total. The van der Waals surface area contributed by atoms with Gasteiger partial charge in [0.05, 0.1) is 19.1 Å². The number of methoxy groups -OCH3 is 1. The number of rotatable bonds is 6. The molecule has 0 aliphatic carbocycles. The fraction of sp³-hybridized carbons (Fsp3) is 0.286. The maximum Gasteiger partial charge on any atom is 0.221 e. The van der Waals surface area contributed by atoms with E-state index in [9.17, 15) is 9.18 Å². The van der Waals surface area contributed by atoms with Gasteiger partial charge < -0.3 is 10.1 Å². The van der Waals surface area contributed by atoms with E-state index in [-0.39, 0.29) is 18.1 Å². The van der Waals surface area contributed by atoms with Crippen LogP contribution in [0.3, 0.4) is 0 Å². The molecule has 1 rings (SSSR count). The highest BCUT2D eigenvalue weighted by molar-refractivity contribution is 5.77. The molecule has 0 aliphatic rings. The summed E-state index contributed by atoms with van der Waals surface area (Å²) in [4.78, 5) is 11.5. The van der Waals surface area contributed by atoms with Crippen molar-refractivity contribution in [3.05, 3.63) is 42.2 Å². The van der Waals surface area contributed by atoms with Crippen LogP contribution in [0.2, 0.25) is 0 Å². The lowest BCUT2D eigenvalue weighted by Crippen LogP contribution is -2.24. The number of ether oxygens (including phenoxy) is 1. The van der Waals surface area contributed by atoms with Gasteiger partial charge in [-0.3, -0.25) is 4.79 Å². The van der Waals surface area contributed by atoms with Gasteiger partial charge >= 0.3 is 0 Å². The van der Waals surface area contributed by atoms with E-state index in [2.05, 4.69) is 11.9 Å². The van der Waals surface area contributed by atoms with Crippen LogP contribution in [0.5, 0.6) is 5.75 Å². The lowest BCUT2D eigenvalue weighted by Gasteiger charge is -2.10. The molecular formula is C14H15FN2O2. The molecule has 0 heterocycles. The van der Waals surface area contributed by atoms with E-state index in [0.717, 1.165) is 0 Å². The molecule has 1 unspecified atom stereocenters. The van der Waals surface area contributed by atoms with Crippen molar-refractivity contribution in [1.29, 1.82) is 5.26 Å². The van der Waals surface area contributed by atoms with Gasteiger partial charge in [-0.25, -0.2) is 4.39 Å². The maximum absolute atomic E-state index is 13.5. The summed E-state index contributed by atoms with van der Waals surface area (Å²) >= 11 is 0. The van der Waals surface area contributed by atoms with Gasteiger partial charge in [0.1, 0.15) is 0 Å². The summed E-state index contributed by atoms with van der Waals surface area (Å²) in [6, 6.07) is 6.23. The largest absolute Gasteiger partial charge is 0.494 e. The SMILES string of the molecule is C=CCNC(=O)CC(C#N)c1ccc(OC)c(F)c1. The molecule has 0 fully saturated rings. The highest BCUT2D eigenvalue weighted by Gasteiger charge is 2.17. The molecule has 0 saturated carbocycles. The summed E-state index contributed by atoms with van der Waals surface area (Å²) < 4.78 is 18.3. The molecule has 1 aromatic carbocycles. The van der Waals surface area contributed by atoms with E-state index in [1.807, 2.05) is 6.07 Å². The van der Waals surface area contributed by atoms with Crippen LogP contribution in [0, 0.1) is 17.1 Å². The van der Waals surface area contributed by atoms with E-state index in [1.165, 1.54) is 19.2 Å². The third-order valence-corrected chi connectivity index (χ3v) is 2.57. The van der Waals surface area contributed by atoms with Crippen LogP contribution in [0.25, 0.3) is 0 Å². The van der Waals surface area contributed by atoms with Gasteiger partial charge in [0.2, 0.25) is 5.91 Å². The quantitative estimate of drug-likeness (QED) is 0.799. The Morgan fingerprint density at radius 3 is 2.95 bits per heavy atom. The molecular weight excluding hydrogens is 247 g/mol. The minimum absolute atomic E-state index is 0.0177. The minimum Gasteiger partial charge on any atom is -0.494 e. The summed E-state index contributed by atoms with van der Waals surface area (Å²) in [6.07, 6.45) is 1.53. The van der Waals surface area contributed by atoms with E-state index in [1.54, 1.807) is 12.1 Å². The summed E-state index contributed by atoms with van der Waals surface area (Å²) in [7, 11) is 1.36. The van der Waals surface area contributed by atoms with Crippen LogP contribution in [0.4, 0.5) is 4.39 Å². The van der Waals surface area contributed by atoms with Crippen molar-refractivity contribution >= 4 is 5.91 Å². The van der Waals surface area contributed by atoms with Crippen molar-refractivity contribution in [3.63, 3.8) is 0 Å². The minimum atomic E-state index is -0.690. The number of hydrogen-bond donors (Lipinski definition) is 1. The second-order valence-corrected chi connectivity index (χ2v) is 3.87. The number of carbonyl (C=O) groups excluding carboxylic acids is 1. The fourth-order valence-corrected chi connectivity index (χ4v) is 1.58. The van der Waals surface area contributed by atoms with Crippen molar-refractivity contribution in [2.24, 2.45) is 0 Å². The summed E-state index contributed by atoms with van der Waals surface area (Å²) in [5.74, 6) is -1.41. The molecule has 0 radical (unpaired) electrons. The van der Waals surface area contributed by atoms with Gasteiger partial charge in [0.15, 0.2) is 11.6 Å². The first-order valence-corrected chi connectivity index (χ1v) is 5.73. The molecule has 1 aromatic rings. The number of amides is 1. The first kappa shape index (κ1) is 14.7. The number of benzene rings is 1. The van der Waals surface area contributed by atoms with Crippen molar-refractivity contribution < 1.29 is 13.9 Å². The molecule has 0 aliphatic heterocycles. The van der Waals surface area contributed by atoms with Crippen molar-refractivity contribution in [2.75, 3.05) is 13.7 Å². The molecule has 100 valence electrons. The molecule has 4 nitrogen and oxygen atoms in total. The number of carbonyl (C=O) groups is 1. The first-order valence-electron chi connectivity index (χ1n) is 5.73. The lowest BCUT2D eigenvalue weighted by molar-refractivity contribution is -0.121. The van der Waals surface area contributed by atoms with Crippen molar-refractivity contribution in [2.45, 2.75) is 12.3 Å². The standard InChI is InChI=1S/C14H15FN2O2/c1-3-6-17-14(18)8-11(9-16)10-4-5-13(19-2)12(15)7-10/h3-5,7,11H,1,6,8H2,2H3,(H,17,18). The Labute approximate surface area is 111 Å². The third kappa shape index (κ3) is 4.11. The van der Waals surface area contributed by atoms with Crippen molar-refractivity contribution in [1.82, 2.24) is 5.32 Å². The zero-order valence-electron chi connectivity index (χ0n) is 10.6. The Hall–Kier alpha value is -2.35. The molecule has 5 heteroatoms. The van der Waals surface area contributed by atoms with Gasteiger partial charge in [-0.05, 0) is 17.7 Å². The molecule has 0 aromatic heterocycles. The Morgan fingerprint density at radius 2 is 2.42 bits per heavy atom. The zero-order chi connectivity index (χ0) is 14.3. The summed E-state index contributed by atoms with van der Waals surface area (Å²) in [6.45, 7) is 3.82. The van der Waals surface area contributed by atoms with Gasteiger partial charge in [-0.1, -0.05) is 12.1 Å². The summed E-state index contributed by atoms with van der Waals surface area (Å²) in [5.41, 5.74) is 0.453. The predicted octanol–water partition coefficient (Wildman–Crippen LogP) is 2.13. The van der Waals surface area contributed by atoms with Gasteiger partial charge in [0.25, 0.3) is 0 Å². The molecule has 1 atom stereocenters. The van der Waals surface area contributed by atoms with Crippen LogP contribution < -0.4 is 10.1 Å². The number of halogens is 1. The molecule has 0 spiro atoms. The highest BCUT2D eigenvalue weighted by Crippen LogP contribution is 2.24. The van der Waals surface area contributed by atoms with Crippen LogP contribution >= 0.6 is 0 Å². The average molecular weight is 262 g/mol. The Bertz CT molecular complexity index is 509.